The van der Waals surface area contributed by atoms with Crippen molar-refractivity contribution >= 4 is 0 Å². The highest BCUT2D eigenvalue weighted by molar-refractivity contribution is 4.69. The summed E-state index contributed by atoms with van der Waals surface area (Å²) < 4.78 is 15.3. The summed E-state index contributed by atoms with van der Waals surface area (Å²) in [7, 11) is 1.67. The van der Waals surface area contributed by atoms with Crippen molar-refractivity contribution in [2.24, 2.45) is 0 Å². The van der Waals surface area contributed by atoms with Crippen LogP contribution in [-0.2, 0) is 14.2 Å². The fourth-order valence-electron chi connectivity index (χ4n) is 0.965. The first-order valence-electron chi connectivity index (χ1n) is 3.45. The molecular formula is C7H13O3. The lowest BCUT2D eigenvalue weighted by atomic mass is 10.2. The van der Waals surface area contributed by atoms with Gasteiger partial charge in [-0.1, -0.05) is 0 Å². The van der Waals surface area contributed by atoms with Gasteiger partial charge in [0.05, 0.1) is 19.3 Å². The van der Waals surface area contributed by atoms with Gasteiger partial charge >= 0.3 is 0 Å². The van der Waals surface area contributed by atoms with Crippen LogP contribution in [0, 0.1) is 6.29 Å². The Morgan fingerprint density at radius 1 is 1.70 bits per heavy atom. The minimum atomic E-state index is 0.193. The SMILES string of the molecule is COCC1CCO[C](C)O1. The lowest BCUT2D eigenvalue weighted by molar-refractivity contribution is -0.138. The maximum absolute atomic E-state index is 5.30. The largest absolute Gasteiger partial charge is 0.382 e. The average molecular weight is 145 g/mol. The molecular weight excluding hydrogens is 132 g/mol. The minimum Gasteiger partial charge on any atom is -0.382 e. The number of methoxy groups -OCH3 is 1. The van der Waals surface area contributed by atoms with Crippen LogP contribution in [0.4, 0.5) is 0 Å². The van der Waals surface area contributed by atoms with Crippen molar-refractivity contribution in [2.75, 3.05) is 20.3 Å². The summed E-state index contributed by atoms with van der Waals surface area (Å²) >= 11 is 0. The lowest BCUT2D eigenvalue weighted by Crippen LogP contribution is -2.28. The van der Waals surface area contributed by atoms with E-state index in [4.69, 9.17) is 14.2 Å². The van der Waals surface area contributed by atoms with E-state index in [0.29, 0.717) is 12.9 Å². The molecule has 0 amide bonds. The molecule has 1 fully saturated rings. The second-order valence-electron chi connectivity index (χ2n) is 2.32. The first-order chi connectivity index (χ1) is 4.83. The molecule has 1 saturated heterocycles. The highest BCUT2D eigenvalue weighted by Crippen LogP contribution is 2.16. The van der Waals surface area contributed by atoms with Crippen LogP contribution in [0.1, 0.15) is 13.3 Å². The van der Waals surface area contributed by atoms with Gasteiger partial charge in [-0.2, -0.15) is 0 Å². The molecule has 0 bridgehead atoms. The Labute approximate surface area is 61.3 Å². The van der Waals surface area contributed by atoms with Crippen LogP contribution >= 0.6 is 0 Å². The molecule has 3 heteroatoms. The Hall–Kier alpha value is -0.120. The molecule has 0 N–H and O–H groups in total. The van der Waals surface area contributed by atoms with E-state index >= 15 is 0 Å². The maximum Gasteiger partial charge on any atom is 0.220 e. The zero-order chi connectivity index (χ0) is 7.40. The number of hydrogen-bond acceptors (Lipinski definition) is 3. The van der Waals surface area contributed by atoms with E-state index in [1.165, 1.54) is 0 Å². The van der Waals surface area contributed by atoms with Gasteiger partial charge in [0.15, 0.2) is 0 Å². The van der Waals surface area contributed by atoms with E-state index in [9.17, 15) is 0 Å². The number of ether oxygens (including phenoxy) is 3. The zero-order valence-corrected chi connectivity index (χ0v) is 6.42. The lowest BCUT2D eigenvalue weighted by Gasteiger charge is -2.25. The van der Waals surface area contributed by atoms with Gasteiger partial charge in [-0.05, 0) is 13.3 Å². The first kappa shape index (κ1) is 7.98. The normalized spacial score (nSPS) is 28.8. The molecule has 0 aliphatic carbocycles. The summed E-state index contributed by atoms with van der Waals surface area (Å²) in [5, 5.41) is 0. The molecule has 1 aliphatic rings. The third-order valence-corrected chi connectivity index (χ3v) is 1.43. The third kappa shape index (κ3) is 2.25. The Kier molecular flexibility index (Phi) is 3.12. The van der Waals surface area contributed by atoms with Crippen molar-refractivity contribution in [3.05, 3.63) is 6.29 Å². The molecule has 0 aromatic carbocycles. The first-order valence-corrected chi connectivity index (χ1v) is 3.45. The molecule has 1 aliphatic heterocycles. The Morgan fingerprint density at radius 3 is 3.10 bits per heavy atom. The van der Waals surface area contributed by atoms with Gasteiger partial charge in [0.2, 0.25) is 6.29 Å². The summed E-state index contributed by atoms with van der Waals surface area (Å²) in [6.07, 6.45) is 1.78. The maximum atomic E-state index is 5.30. The zero-order valence-electron chi connectivity index (χ0n) is 6.42. The van der Waals surface area contributed by atoms with Gasteiger partial charge in [-0.15, -0.1) is 0 Å². The van der Waals surface area contributed by atoms with Crippen LogP contribution in [0.5, 0.6) is 0 Å². The number of hydrogen-bond donors (Lipinski definition) is 0. The summed E-state index contributed by atoms with van der Waals surface area (Å²) in [4.78, 5) is 0. The topological polar surface area (TPSA) is 27.7 Å². The van der Waals surface area contributed by atoms with E-state index in [1.54, 1.807) is 7.11 Å². The molecule has 0 aromatic rings. The van der Waals surface area contributed by atoms with Crippen molar-refractivity contribution in [1.82, 2.24) is 0 Å². The highest BCUT2D eigenvalue weighted by atomic mass is 16.7. The molecule has 1 atom stereocenters. The van der Waals surface area contributed by atoms with E-state index in [0.717, 1.165) is 13.0 Å². The molecule has 1 radical (unpaired) electrons. The van der Waals surface area contributed by atoms with Gasteiger partial charge < -0.3 is 14.2 Å². The molecule has 3 nitrogen and oxygen atoms in total. The fraction of sp³-hybridized carbons (Fsp3) is 0.857. The van der Waals surface area contributed by atoms with E-state index in [-0.39, 0.29) is 6.10 Å². The second-order valence-corrected chi connectivity index (χ2v) is 2.32. The van der Waals surface area contributed by atoms with Crippen LogP contribution in [0.3, 0.4) is 0 Å². The molecule has 1 unspecified atom stereocenters. The summed E-state index contributed by atoms with van der Waals surface area (Å²) in [6, 6.07) is 0. The molecule has 1 heterocycles. The Bertz CT molecular complexity index is 92.9. The molecule has 1 rings (SSSR count). The molecule has 59 valence electrons. The third-order valence-electron chi connectivity index (χ3n) is 1.43. The fourth-order valence-corrected chi connectivity index (χ4v) is 0.965. The van der Waals surface area contributed by atoms with Crippen molar-refractivity contribution in [3.8, 4) is 0 Å². The molecule has 0 saturated carbocycles. The quantitative estimate of drug-likeness (QED) is 0.579. The molecule has 10 heavy (non-hydrogen) atoms. The van der Waals surface area contributed by atoms with E-state index in [2.05, 4.69) is 0 Å². The van der Waals surface area contributed by atoms with Crippen molar-refractivity contribution in [2.45, 2.75) is 19.4 Å². The van der Waals surface area contributed by atoms with Crippen LogP contribution in [-0.4, -0.2) is 26.4 Å². The molecule has 0 aromatic heterocycles. The smallest absolute Gasteiger partial charge is 0.220 e. The monoisotopic (exact) mass is 145 g/mol. The van der Waals surface area contributed by atoms with Crippen molar-refractivity contribution in [3.63, 3.8) is 0 Å². The number of rotatable bonds is 2. The Balaban J connectivity index is 2.18. The highest BCUT2D eigenvalue weighted by Gasteiger charge is 2.19. The van der Waals surface area contributed by atoms with Gasteiger partial charge in [0, 0.05) is 7.11 Å². The standard InChI is InChI=1S/C7H13O3/c1-6-9-4-3-7(10-6)5-8-2/h7H,3-5H2,1-2H3. The predicted molar refractivity (Wildman–Crippen MR) is 36.2 cm³/mol. The van der Waals surface area contributed by atoms with E-state index in [1.807, 2.05) is 6.92 Å². The summed E-state index contributed by atoms with van der Waals surface area (Å²) in [5.41, 5.74) is 0. The predicted octanol–water partition coefficient (Wildman–Crippen LogP) is 0.948. The summed E-state index contributed by atoms with van der Waals surface area (Å²) in [6.45, 7) is 3.22. The summed E-state index contributed by atoms with van der Waals surface area (Å²) in [5.74, 6) is 0. The molecule has 0 spiro atoms. The average Bonchev–Trinajstić information content (AvgIpc) is 1.88. The van der Waals surface area contributed by atoms with Crippen molar-refractivity contribution < 1.29 is 14.2 Å². The van der Waals surface area contributed by atoms with Crippen LogP contribution in [0.15, 0.2) is 0 Å². The van der Waals surface area contributed by atoms with Gasteiger partial charge in [-0.3, -0.25) is 0 Å². The van der Waals surface area contributed by atoms with Crippen LogP contribution in [0.25, 0.3) is 0 Å². The second kappa shape index (κ2) is 3.91. The minimum absolute atomic E-state index is 0.193. The van der Waals surface area contributed by atoms with E-state index < -0.39 is 0 Å². The van der Waals surface area contributed by atoms with Gasteiger partial charge in [-0.25, -0.2) is 0 Å². The Morgan fingerprint density at radius 2 is 2.50 bits per heavy atom. The van der Waals surface area contributed by atoms with Gasteiger partial charge in [0.1, 0.15) is 0 Å². The van der Waals surface area contributed by atoms with Crippen molar-refractivity contribution in [1.29, 1.82) is 0 Å². The van der Waals surface area contributed by atoms with Crippen LogP contribution < -0.4 is 0 Å². The van der Waals surface area contributed by atoms with Gasteiger partial charge in [0.25, 0.3) is 0 Å². The van der Waals surface area contributed by atoms with Crippen LogP contribution in [0.2, 0.25) is 0 Å².